The highest BCUT2D eigenvalue weighted by atomic mass is 32.1. The number of hydrogen-bond acceptors (Lipinski definition) is 5. The van der Waals surface area contributed by atoms with Gasteiger partial charge >= 0.3 is 6.03 Å². The summed E-state index contributed by atoms with van der Waals surface area (Å²) in [7, 11) is 0. The Kier molecular flexibility index (Phi) is 6.99. The van der Waals surface area contributed by atoms with Gasteiger partial charge in [-0.05, 0) is 42.0 Å². The van der Waals surface area contributed by atoms with Crippen molar-refractivity contribution in [3.63, 3.8) is 0 Å². The van der Waals surface area contributed by atoms with Crippen molar-refractivity contribution in [1.82, 2.24) is 15.5 Å². The Morgan fingerprint density at radius 2 is 1.97 bits per heavy atom. The first-order chi connectivity index (χ1) is 14.7. The maximum Gasteiger partial charge on any atom is 0.315 e. The van der Waals surface area contributed by atoms with E-state index < -0.39 is 0 Å². The molecule has 1 aliphatic carbocycles. The lowest BCUT2D eigenvalue weighted by Gasteiger charge is -2.34. The predicted molar refractivity (Wildman–Crippen MR) is 117 cm³/mol. The van der Waals surface area contributed by atoms with Crippen LogP contribution in [0.2, 0.25) is 0 Å². The van der Waals surface area contributed by atoms with Crippen LogP contribution in [0, 0.1) is 5.92 Å². The molecule has 1 aromatic heterocycles. The van der Waals surface area contributed by atoms with Crippen LogP contribution in [0.1, 0.15) is 29.3 Å². The fourth-order valence-corrected chi connectivity index (χ4v) is 4.42. The fourth-order valence-electron chi connectivity index (χ4n) is 3.56. The van der Waals surface area contributed by atoms with Gasteiger partial charge in [0.05, 0.1) is 19.3 Å². The SMILES string of the molecule is O=C(NCc1cccc(NC(=O)C2CC2)c1)NCC(c1cccs1)N1CCOCC1. The summed E-state index contributed by atoms with van der Waals surface area (Å²) in [5.74, 6) is 0.251. The maximum absolute atomic E-state index is 12.4. The molecule has 1 unspecified atom stereocenters. The van der Waals surface area contributed by atoms with Crippen molar-refractivity contribution < 1.29 is 14.3 Å². The number of urea groups is 1. The lowest BCUT2D eigenvalue weighted by molar-refractivity contribution is -0.117. The first kappa shape index (κ1) is 20.8. The van der Waals surface area contributed by atoms with Crippen molar-refractivity contribution in [2.24, 2.45) is 5.92 Å². The maximum atomic E-state index is 12.4. The number of benzene rings is 1. The number of hydrogen-bond donors (Lipinski definition) is 3. The Balaban J connectivity index is 1.27. The van der Waals surface area contributed by atoms with Gasteiger partial charge in [-0.3, -0.25) is 9.69 Å². The van der Waals surface area contributed by atoms with Gasteiger partial charge < -0.3 is 20.7 Å². The first-order valence-corrected chi connectivity index (χ1v) is 11.3. The van der Waals surface area contributed by atoms with Gasteiger partial charge in [0.25, 0.3) is 0 Å². The van der Waals surface area contributed by atoms with E-state index in [2.05, 4.69) is 32.3 Å². The summed E-state index contributed by atoms with van der Waals surface area (Å²) in [5.41, 5.74) is 1.72. The first-order valence-electron chi connectivity index (χ1n) is 10.5. The smallest absolute Gasteiger partial charge is 0.315 e. The minimum absolute atomic E-state index is 0.0839. The van der Waals surface area contributed by atoms with E-state index >= 15 is 0 Å². The molecule has 30 heavy (non-hydrogen) atoms. The molecule has 2 heterocycles. The standard InChI is InChI=1S/C22H28N4O3S/c27-21(17-6-7-17)25-18-4-1-3-16(13-18)14-23-22(28)24-15-19(20-5-2-12-30-20)26-8-10-29-11-9-26/h1-5,12-13,17,19H,6-11,14-15H2,(H,25,27)(H2,23,24,28). The zero-order valence-corrected chi connectivity index (χ0v) is 17.7. The van der Waals surface area contributed by atoms with Gasteiger partial charge in [-0.25, -0.2) is 4.79 Å². The average Bonchev–Trinajstić information content (AvgIpc) is 3.49. The summed E-state index contributed by atoms with van der Waals surface area (Å²) in [6.07, 6.45) is 1.95. The second kappa shape index (κ2) is 10.1. The van der Waals surface area contributed by atoms with Crippen molar-refractivity contribution >= 4 is 29.0 Å². The molecule has 1 atom stereocenters. The van der Waals surface area contributed by atoms with Gasteiger partial charge in [0, 0.05) is 42.7 Å². The predicted octanol–water partition coefficient (Wildman–Crippen LogP) is 2.97. The van der Waals surface area contributed by atoms with E-state index in [0.717, 1.165) is 50.4 Å². The molecule has 0 spiro atoms. The Bertz CT molecular complexity index is 848. The monoisotopic (exact) mass is 428 g/mol. The van der Waals surface area contributed by atoms with Crippen LogP contribution >= 0.6 is 11.3 Å². The minimum Gasteiger partial charge on any atom is -0.379 e. The number of carbonyl (C=O) groups is 2. The summed E-state index contributed by atoms with van der Waals surface area (Å²) >= 11 is 1.71. The van der Waals surface area contributed by atoms with Crippen molar-refractivity contribution in [1.29, 1.82) is 0 Å². The van der Waals surface area contributed by atoms with E-state index in [1.54, 1.807) is 11.3 Å². The highest BCUT2D eigenvalue weighted by Crippen LogP contribution is 2.30. The molecule has 1 aromatic carbocycles. The third-order valence-electron chi connectivity index (χ3n) is 5.41. The Hall–Kier alpha value is -2.42. The molecule has 2 aromatic rings. The molecule has 8 heteroatoms. The Morgan fingerprint density at radius 1 is 1.13 bits per heavy atom. The van der Waals surface area contributed by atoms with Gasteiger partial charge in [0.15, 0.2) is 0 Å². The number of anilines is 1. The van der Waals surface area contributed by atoms with Crippen LogP contribution in [0.25, 0.3) is 0 Å². The van der Waals surface area contributed by atoms with E-state index in [4.69, 9.17) is 4.74 Å². The van der Waals surface area contributed by atoms with Crippen LogP contribution in [0.15, 0.2) is 41.8 Å². The number of ether oxygens (including phenoxy) is 1. The molecule has 4 rings (SSSR count). The van der Waals surface area contributed by atoms with Gasteiger partial charge in [-0.2, -0.15) is 0 Å². The summed E-state index contributed by atoms with van der Waals surface area (Å²) in [4.78, 5) is 27.9. The number of nitrogens with zero attached hydrogens (tertiary/aromatic N) is 1. The number of nitrogens with one attached hydrogen (secondary N) is 3. The number of morpholine rings is 1. The average molecular weight is 429 g/mol. The van der Waals surface area contributed by atoms with E-state index in [-0.39, 0.29) is 23.9 Å². The lowest BCUT2D eigenvalue weighted by atomic mass is 10.2. The fraction of sp³-hybridized carbons (Fsp3) is 0.455. The van der Waals surface area contributed by atoms with Crippen LogP contribution in [-0.4, -0.2) is 49.7 Å². The summed E-state index contributed by atoms with van der Waals surface area (Å²) in [5, 5.41) is 10.9. The zero-order chi connectivity index (χ0) is 20.8. The summed E-state index contributed by atoms with van der Waals surface area (Å²) in [6.45, 7) is 4.13. The van der Waals surface area contributed by atoms with Crippen molar-refractivity contribution in [3.05, 3.63) is 52.2 Å². The van der Waals surface area contributed by atoms with Gasteiger partial charge in [-0.15, -0.1) is 11.3 Å². The molecular weight excluding hydrogens is 400 g/mol. The van der Waals surface area contributed by atoms with Crippen LogP contribution in [0.4, 0.5) is 10.5 Å². The zero-order valence-electron chi connectivity index (χ0n) is 16.9. The van der Waals surface area contributed by atoms with E-state index in [1.807, 2.05) is 30.3 Å². The molecule has 2 aliphatic rings. The van der Waals surface area contributed by atoms with Gasteiger partial charge in [0.1, 0.15) is 0 Å². The third-order valence-corrected chi connectivity index (χ3v) is 6.38. The molecule has 1 aliphatic heterocycles. The molecule has 0 bridgehead atoms. The molecule has 1 saturated carbocycles. The van der Waals surface area contributed by atoms with Crippen molar-refractivity contribution in [3.8, 4) is 0 Å². The normalized spacial score (nSPS) is 17.9. The summed E-state index contributed by atoms with van der Waals surface area (Å²) < 4.78 is 5.47. The van der Waals surface area contributed by atoms with Crippen LogP contribution in [0.5, 0.6) is 0 Å². The molecule has 0 radical (unpaired) electrons. The molecular formula is C22H28N4O3S. The number of amides is 3. The second-order valence-electron chi connectivity index (χ2n) is 7.71. The van der Waals surface area contributed by atoms with E-state index in [9.17, 15) is 9.59 Å². The van der Waals surface area contributed by atoms with Gasteiger partial charge in [0.2, 0.25) is 5.91 Å². The van der Waals surface area contributed by atoms with Crippen molar-refractivity contribution in [2.45, 2.75) is 25.4 Å². The lowest BCUT2D eigenvalue weighted by Crippen LogP contribution is -2.45. The second-order valence-corrected chi connectivity index (χ2v) is 8.69. The molecule has 3 amide bonds. The van der Waals surface area contributed by atoms with Crippen LogP contribution in [-0.2, 0) is 16.1 Å². The quantitative estimate of drug-likeness (QED) is 0.604. The number of rotatable bonds is 8. The summed E-state index contributed by atoms with van der Waals surface area (Å²) in [6, 6.07) is 11.7. The molecule has 3 N–H and O–H groups in total. The van der Waals surface area contributed by atoms with E-state index in [1.165, 1.54) is 4.88 Å². The highest BCUT2D eigenvalue weighted by Gasteiger charge is 2.29. The number of thiophene rings is 1. The number of carbonyl (C=O) groups excluding carboxylic acids is 2. The molecule has 160 valence electrons. The van der Waals surface area contributed by atoms with E-state index in [0.29, 0.717) is 13.1 Å². The Morgan fingerprint density at radius 3 is 2.70 bits per heavy atom. The van der Waals surface area contributed by atoms with Crippen LogP contribution < -0.4 is 16.0 Å². The highest BCUT2D eigenvalue weighted by molar-refractivity contribution is 7.10. The minimum atomic E-state index is -0.197. The van der Waals surface area contributed by atoms with Crippen molar-refractivity contribution in [2.75, 3.05) is 38.2 Å². The largest absolute Gasteiger partial charge is 0.379 e. The van der Waals surface area contributed by atoms with Gasteiger partial charge in [-0.1, -0.05) is 18.2 Å². The Labute approximate surface area is 180 Å². The van der Waals surface area contributed by atoms with Crippen LogP contribution in [0.3, 0.4) is 0 Å². The third kappa shape index (κ3) is 5.81. The molecule has 2 fully saturated rings. The topological polar surface area (TPSA) is 82.7 Å². The molecule has 7 nitrogen and oxygen atoms in total. The molecule has 1 saturated heterocycles.